The normalized spacial score (nSPS) is 16.7. The van der Waals surface area contributed by atoms with Gasteiger partial charge < -0.3 is 9.64 Å². The highest BCUT2D eigenvalue weighted by molar-refractivity contribution is 7.17. The molecule has 2 aromatic heterocycles. The number of thiazole rings is 1. The van der Waals surface area contributed by atoms with Crippen molar-refractivity contribution in [1.29, 1.82) is 0 Å². The van der Waals surface area contributed by atoms with Gasteiger partial charge in [0.25, 0.3) is 5.91 Å². The van der Waals surface area contributed by atoms with E-state index in [9.17, 15) is 9.59 Å². The predicted molar refractivity (Wildman–Crippen MR) is 102 cm³/mol. The van der Waals surface area contributed by atoms with Crippen molar-refractivity contribution in [2.24, 2.45) is 0 Å². The summed E-state index contributed by atoms with van der Waals surface area (Å²) in [5, 5.41) is 0. The van der Waals surface area contributed by atoms with Crippen LogP contribution >= 0.6 is 11.3 Å². The van der Waals surface area contributed by atoms with Crippen LogP contribution < -0.4 is 9.64 Å². The monoisotopic (exact) mass is 369 g/mol. The lowest BCUT2D eigenvalue weighted by Crippen LogP contribution is -2.41. The number of rotatable bonds is 3. The number of imidazole rings is 1. The van der Waals surface area contributed by atoms with Crippen LogP contribution in [0.25, 0.3) is 16.2 Å². The van der Waals surface area contributed by atoms with Gasteiger partial charge in [-0.3, -0.25) is 14.0 Å². The van der Waals surface area contributed by atoms with E-state index < -0.39 is 6.10 Å². The highest BCUT2D eigenvalue weighted by Crippen LogP contribution is 2.40. The number of ether oxygens (including phenoxy) is 1. The summed E-state index contributed by atoms with van der Waals surface area (Å²) in [7, 11) is 1.76. The molecule has 0 spiro atoms. The van der Waals surface area contributed by atoms with Gasteiger partial charge in [0.15, 0.2) is 17.4 Å². The maximum absolute atomic E-state index is 12.3. The molecule has 0 aliphatic carbocycles. The second-order valence-corrected chi connectivity index (χ2v) is 7.45. The Bertz CT molecular complexity index is 1050. The largest absolute Gasteiger partial charge is 0.479 e. The van der Waals surface area contributed by atoms with Crippen molar-refractivity contribution >= 4 is 34.2 Å². The molecule has 4 rings (SSSR count). The SMILES string of the molecule is CCc1sc2nc(C)c(C=O)n2c1-c1ccc2c(c1)N(C)C(=O)C(C)O2. The molecule has 0 fully saturated rings. The number of likely N-dealkylation sites (N-methyl/N-ethyl adjacent to an activating group) is 1. The van der Waals surface area contributed by atoms with Crippen LogP contribution in [0.1, 0.15) is 34.9 Å². The molecule has 0 N–H and O–H groups in total. The summed E-state index contributed by atoms with van der Waals surface area (Å²) in [5.41, 5.74) is 3.91. The molecule has 3 heterocycles. The fraction of sp³-hybridized carbons (Fsp3) is 0.316. The van der Waals surface area contributed by atoms with E-state index in [1.807, 2.05) is 29.5 Å². The average molecular weight is 369 g/mol. The third kappa shape index (κ3) is 2.27. The molecule has 1 aromatic carbocycles. The van der Waals surface area contributed by atoms with Crippen molar-refractivity contribution < 1.29 is 14.3 Å². The van der Waals surface area contributed by atoms with Crippen LogP contribution in [0.3, 0.4) is 0 Å². The summed E-state index contributed by atoms with van der Waals surface area (Å²) in [6.45, 7) is 5.67. The molecule has 0 saturated carbocycles. The van der Waals surface area contributed by atoms with Crippen molar-refractivity contribution in [1.82, 2.24) is 9.38 Å². The van der Waals surface area contributed by atoms with Gasteiger partial charge in [-0.25, -0.2) is 4.98 Å². The van der Waals surface area contributed by atoms with E-state index in [0.717, 1.165) is 45.2 Å². The topological polar surface area (TPSA) is 63.9 Å². The maximum Gasteiger partial charge on any atom is 0.267 e. The van der Waals surface area contributed by atoms with E-state index in [4.69, 9.17) is 4.74 Å². The lowest BCUT2D eigenvalue weighted by Gasteiger charge is -2.30. The zero-order valence-electron chi connectivity index (χ0n) is 15.1. The molecule has 26 heavy (non-hydrogen) atoms. The average Bonchev–Trinajstić information content (AvgIpc) is 3.13. The van der Waals surface area contributed by atoms with E-state index in [-0.39, 0.29) is 5.91 Å². The summed E-state index contributed by atoms with van der Waals surface area (Å²) in [5.74, 6) is 0.609. The Labute approximate surface area is 155 Å². The van der Waals surface area contributed by atoms with Crippen LogP contribution in [0, 0.1) is 6.92 Å². The molecule has 1 amide bonds. The lowest BCUT2D eigenvalue weighted by atomic mass is 10.1. The van der Waals surface area contributed by atoms with Crippen molar-refractivity contribution in [3.8, 4) is 17.0 Å². The Morgan fingerprint density at radius 3 is 2.85 bits per heavy atom. The standard InChI is InChI=1S/C19H19N3O3S/c1-5-16-17(22-14(9-23)10(2)20-19(22)26-16)12-6-7-15-13(8-12)21(4)18(24)11(3)25-15/h6-9,11H,5H2,1-4H3. The number of fused-ring (bicyclic) bond motifs is 2. The van der Waals surface area contributed by atoms with Crippen molar-refractivity contribution in [2.75, 3.05) is 11.9 Å². The molecule has 0 saturated heterocycles. The Morgan fingerprint density at radius 1 is 1.38 bits per heavy atom. The van der Waals surface area contributed by atoms with Crippen molar-refractivity contribution in [3.05, 3.63) is 34.5 Å². The van der Waals surface area contributed by atoms with Crippen LogP contribution in [0.15, 0.2) is 18.2 Å². The van der Waals surface area contributed by atoms with E-state index in [0.29, 0.717) is 11.4 Å². The van der Waals surface area contributed by atoms with Gasteiger partial charge in [-0.15, -0.1) is 11.3 Å². The van der Waals surface area contributed by atoms with Crippen molar-refractivity contribution in [2.45, 2.75) is 33.3 Å². The van der Waals surface area contributed by atoms with Crippen LogP contribution in [0.2, 0.25) is 0 Å². The van der Waals surface area contributed by atoms with Gasteiger partial charge in [-0.1, -0.05) is 6.92 Å². The van der Waals surface area contributed by atoms with Gasteiger partial charge >= 0.3 is 0 Å². The number of amides is 1. The molecule has 3 aromatic rings. The van der Waals surface area contributed by atoms with E-state index in [2.05, 4.69) is 11.9 Å². The van der Waals surface area contributed by atoms with Gasteiger partial charge in [0.2, 0.25) is 0 Å². The Balaban J connectivity index is 1.97. The number of carbonyl (C=O) groups is 2. The minimum Gasteiger partial charge on any atom is -0.479 e. The van der Waals surface area contributed by atoms with Gasteiger partial charge in [0.1, 0.15) is 11.4 Å². The van der Waals surface area contributed by atoms with Crippen LogP contribution in [-0.4, -0.2) is 34.7 Å². The van der Waals surface area contributed by atoms with Crippen molar-refractivity contribution in [3.63, 3.8) is 0 Å². The van der Waals surface area contributed by atoms with E-state index in [1.165, 1.54) is 0 Å². The lowest BCUT2D eigenvalue weighted by molar-refractivity contribution is -0.125. The van der Waals surface area contributed by atoms with Gasteiger partial charge in [-0.2, -0.15) is 0 Å². The fourth-order valence-corrected chi connectivity index (χ4v) is 4.54. The minimum atomic E-state index is -0.490. The molecule has 7 heteroatoms. The molecule has 1 unspecified atom stereocenters. The van der Waals surface area contributed by atoms with Gasteiger partial charge in [0, 0.05) is 17.5 Å². The third-order valence-electron chi connectivity index (χ3n) is 4.78. The van der Waals surface area contributed by atoms with Crippen LogP contribution in [-0.2, 0) is 11.2 Å². The highest BCUT2D eigenvalue weighted by Gasteiger charge is 2.30. The predicted octanol–water partition coefficient (Wildman–Crippen LogP) is 3.49. The molecule has 1 aliphatic rings. The quantitative estimate of drug-likeness (QED) is 0.663. The summed E-state index contributed by atoms with van der Waals surface area (Å²) >= 11 is 1.59. The number of hydrogen-bond acceptors (Lipinski definition) is 5. The number of anilines is 1. The number of aryl methyl sites for hydroxylation is 2. The molecule has 0 radical (unpaired) electrons. The van der Waals surface area contributed by atoms with Crippen LogP contribution in [0.5, 0.6) is 5.75 Å². The summed E-state index contributed by atoms with van der Waals surface area (Å²) < 4.78 is 7.63. The van der Waals surface area contributed by atoms with Gasteiger partial charge in [0.05, 0.1) is 17.1 Å². The second-order valence-electron chi connectivity index (χ2n) is 6.39. The first kappa shape index (κ1) is 16.8. The number of carbonyl (C=O) groups excluding carboxylic acids is 2. The third-order valence-corrected chi connectivity index (χ3v) is 5.96. The first-order chi connectivity index (χ1) is 12.5. The number of benzene rings is 1. The summed E-state index contributed by atoms with van der Waals surface area (Å²) in [4.78, 5) is 32.0. The number of hydrogen-bond donors (Lipinski definition) is 0. The van der Waals surface area contributed by atoms with E-state index >= 15 is 0 Å². The molecule has 1 atom stereocenters. The smallest absolute Gasteiger partial charge is 0.267 e. The fourth-order valence-electron chi connectivity index (χ4n) is 3.41. The van der Waals surface area contributed by atoms with E-state index in [1.54, 1.807) is 30.2 Å². The number of nitrogens with zero attached hydrogens (tertiary/aromatic N) is 3. The van der Waals surface area contributed by atoms with Gasteiger partial charge in [-0.05, 0) is 38.5 Å². The van der Waals surface area contributed by atoms with Crippen LogP contribution in [0.4, 0.5) is 5.69 Å². The molecule has 1 aliphatic heterocycles. The highest BCUT2D eigenvalue weighted by atomic mass is 32.1. The first-order valence-corrected chi connectivity index (χ1v) is 9.32. The molecule has 134 valence electrons. The second kappa shape index (κ2) is 5.95. The molecular formula is C19H19N3O3S. The molecule has 0 bridgehead atoms. The zero-order valence-corrected chi connectivity index (χ0v) is 15.9. The Kier molecular flexibility index (Phi) is 3.84. The maximum atomic E-state index is 12.3. The Hall–Kier alpha value is -2.67. The summed E-state index contributed by atoms with van der Waals surface area (Å²) in [6.07, 6.45) is 1.19. The minimum absolute atomic E-state index is 0.0760. The number of aromatic nitrogens is 2. The first-order valence-electron chi connectivity index (χ1n) is 8.50. The number of aldehydes is 1. The Morgan fingerprint density at radius 2 is 2.15 bits per heavy atom. The molecule has 6 nitrogen and oxygen atoms in total. The molecular weight excluding hydrogens is 350 g/mol. The summed E-state index contributed by atoms with van der Waals surface area (Å²) in [6, 6.07) is 5.81. The zero-order chi connectivity index (χ0) is 18.6.